The molecule has 0 bridgehead atoms. The lowest BCUT2D eigenvalue weighted by Gasteiger charge is -2.69. The molecule has 0 aliphatic heterocycles. The number of aliphatic hydroxyl groups excluding tert-OH is 3. The van der Waals surface area contributed by atoms with Gasteiger partial charge in [0.05, 0.1) is 24.2 Å². The number of carbonyl (C=O) groups is 4. The zero-order valence-corrected chi connectivity index (χ0v) is 23.6. The van der Waals surface area contributed by atoms with Crippen LogP contribution in [0, 0.1) is 57.7 Å². The first-order valence-corrected chi connectivity index (χ1v) is 14.4. The van der Waals surface area contributed by atoms with Crippen LogP contribution < -0.4 is 0 Å². The summed E-state index contributed by atoms with van der Waals surface area (Å²) in [5, 5.41) is 43.9. The molecule has 4 rings (SSSR count). The van der Waals surface area contributed by atoms with Gasteiger partial charge in [0.1, 0.15) is 22.8 Å². The lowest BCUT2D eigenvalue weighted by Crippen LogP contribution is -2.73. The van der Waals surface area contributed by atoms with E-state index in [2.05, 4.69) is 6.92 Å². The fourth-order valence-corrected chi connectivity index (χ4v) is 10.9. The Bertz CT molecular complexity index is 992. The molecule has 214 valence electrons. The van der Waals surface area contributed by atoms with Crippen molar-refractivity contribution >= 4 is 23.3 Å². The van der Waals surface area contributed by atoms with E-state index in [1.54, 1.807) is 0 Å². The Labute approximate surface area is 225 Å². The molecule has 4 aliphatic carbocycles. The van der Waals surface area contributed by atoms with Gasteiger partial charge in [-0.3, -0.25) is 19.2 Å². The van der Waals surface area contributed by atoms with Crippen LogP contribution in [0.1, 0.15) is 86.5 Å². The summed E-state index contributed by atoms with van der Waals surface area (Å²) < 4.78 is 0. The number of ketones is 3. The molecule has 0 spiro atoms. The number of rotatable bonds is 7. The van der Waals surface area contributed by atoms with Crippen LogP contribution in [-0.4, -0.2) is 62.1 Å². The van der Waals surface area contributed by atoms with Crippen molar-refractivity contribution in [2.75, 3.05) is 0 Å². The monoisotopic (exact) mass is 534 g/mol. The standard InChI is InChI=1S/C30H46O8/c1-14(7-10-25(37)38)19-8-9-20-26-21(13-24(36)28(19,20)5)29(6)18(11-22(26)34)12-23(35)27(15(2)31)30(29,16(3)32)17(4)33/h14,18-24,26-27,34-36H,7-13H2,1-6H3,(H,37,38). The van der Waals surface area contributed by atoms with E-state index in [0.717, 1.165) is 12.8 Å². The van der Waals surface area contributed by atoms with E-state index in [-0.39, 0.29) is 60.6 Å². The maximum absolute atomic E-state index is 13.6. The molecule has 0 aromatic heterocycles. The third-order valence-corrected chi connectivity index (χ3v) is 12.4. The minimum absolute atomic E-state index is 0.0669. The molecule has 4 saturated carbocycles. The van der Waals surface area contributed by atoms with Gasteiger partial charge in [0.25, 0.3) is 0 Å². The first kappa shape index (κ1) is 29.3. The summed E-state index contributed by atoms with van der Waals surface area (Å²) in [4.78, 5) is 51.5. The molecule has 12 atom stereocenters. The summed E-state index contributed by atoms with van der Waals surface area (Å²) >= 11 is 0. The summed E-state index contributed by atoms with van der Waals surface area (Å²) in [6.45, 7) is 10.0. The minimum atomic E-state index is -1.73. The van der Waals surface area contributed by atoms with E-state index < -0.39 is 58.0 Å². The largest absolute Gasteiger partial charge is 0.481 e. The van der Waals surface area contributed by atoms with Crippen LogP contribution in [0.3, 0.4) is 0 Å². The summed E-state index contributed by atoms with van der Waals surface area (Å²) in [6, 6.07) is 0. The van der Waals surface area contributed by atoms with Crippen LogP contribution in [0.2, 0.25) is 0 Å². The molecule has 4 N–H and O–H groups in total. The first-order chi connectivity index (χ1) is 17.6. The molecular weight excluding hydrogens is 488 g/mol. The molecule has 0 amide bonds. The molecule has 0 aromatic carbocycles. The van der Waals surface area contributed by atoms with Crippen LogP contribution in [0.5, 0.6) is 0 Å². The number of aliphatic carboxylic acids is 1. The van der Waals surface area contributed by atoms with Crippen LogP contribution in [0.15, 0.2) is 0 Å². The van der Waals surface area contributed by atoms with Crippen molar-refractivity contribution < 1.29 is 39.6 Å². The highest BCUT2D eigenvalue weighted by Crippen LogP contribution is 2.72. The second-order valence-corrected chi connectivity index (χ2v) is 13.6. The molecule has 0 aromatic rings. The molecule has 8 heteroatoms. The SMILES string of the molecule is CC(=O)C1C(O)CC2CC(O)C3C4CCC(C(C)CCC(=O)O)C4(C)C(O)CC3C2(C)C1(C(C)=O)C(C)=O. The fourth-order valence-electron chi connectivity index (χ4n) is 10.9. The van der Waals surface area contributed by atoms with Crippen LogP contribution >= 0.6 is 0 Å². The number of Topliss-reactive ketones (excluding diaryl/α,β-unsaturated/α-hetero) is 3. The van der Waals surface area contributed by atoms with Crippen LogP contribution in [0.4, 0.5) is 0 Å². The number of hydrogen-bond donors (Lipinski definition) is 4. The second-order valence-electron chi connectivity index (χ2n) is 13.6. The molecule has 38 heavy (non-hydrogen) atoms. The minimum Gasteiger partial charge on any atom is -0.481 e. The summed E-state index contributed by atoms with van der Waals surface area (Å²) in [5.41, 5.74) is -3.28. The van der Waals surface area contributed by atoms with Gasteiger partial charge >= 0.3 is 5.97 Å². The molecule has 4 fully saturated rings. The average molecular weight is 535 g/mol. The normalized spacial score (nSPS) is 46.3. The molecule has 8 nitrogen and oxygen atoms in total. The van der Waals surface area contributed by atoms with Crippen molar-refractivity contribution in [3.8, 4) is 0 Å². The summed E-state index contributed by atoms with van der Waals surface area (Å²) in [7, 11) is 0. The molecule has 12 unspecified atom stereocenters. The van der Waals surface area contributed by atoms with E-state index in [9.17, 15) is 39.6 Å². The Kier molecular flexibility index (Phi) is 7.55. The lowest BCUT2D eigenvalue weighted by atomic mass is 9.34. The van der Waals surface area contributed by atoms with Crippen molar-refractivity contribution in [2.24, 2.45) is 57.7 Å². The van der Waals surface area contributed by atoms with E-state index in [1.165, 1.54) is 20.8 Å². The Morgan fingerprint density at radius 2 is 1.45 bits per heavy atom. The predicted octanol–water partition coefficient (Wildman–Crippen LogP) is 3.04. The van der Waals surface area contributed by atoms with Gasteiger partial charge in [-0.2, -0.15) is 0 Å². The number of hydrogen-bond acceptors (Lipinski definition) is 7. The first-order valence-electron chi connectivity index (χ1n) is 14.4. The Morgan fingerprint density at radius 3 is 1.97 bits per heavy atom. The van der Waals surface area contributed by atoms with E-state index in [1.807, 2.05) is 13.8 Å². The van der Waals surface area contributed by atoms with Gasteiger partial charge in [-0.25, -0.2) is 0 Å². The van der Waals surface area contributed by atoms with Crippen LogP contribution in [-0.2, 0) is 19.2 Å². The average Bonchev–Trinajstić information content (AvgIpc) is 3.16. The third-order valence-electron chi connectivity index (χ3n) is 12.4. The third kappa shape index (κ3) is 3.72. The zero-order chi connectivity index (χ0) is 28.5. The highest BCUT2D eigenvalue weighted by Gasteiger charge is 2.75. The van der Waals surface area contributed by atoms with Gasteiger partial charge in [0.2, 0.25) is 0 Å². The Morgan fingerprint density at radius 1 is 0.868 bits per heavy atom. The van der Waals surface area contributed by atoms with E-state index in [4.69, 9.17) is 0 Å². The van der Waals surface area contributed by atoms with Crippen molar-refractivity contribution in [1.29, 1.82) is 0 Å². The highest BCUT2D eigenvalue weighted by molar-refractivity contribution is 6.10. The predicted molar refractivity (Wildman–Crippen MR) is 139 cm³/mol. The number of carboxylic acids is 1. The number of carbonyl (C=O) groups excluding carboxylic acids is 3. The van der Waals surface area contributed by atoms with Crippen molar-refractivity contribution in [3.63, 3.8) is 0 Å². The van der Waals surface area contributed by atoms with Gasteiger partial charge in [-0.15, -0.1) is 0 Å². The molecule has 4 aliphatic rings. The van der Waals surface area contributed by atoms with Gasteiger partial charge in [0, 0.05) is 6.42 Å². The smallest absolute Gasteiger partial charge is 0.303 e. The van der Waals surface area contributed by atoms with Gasteiger partial charge < -0.3 is 20.4 Å². The summed E-state index contributed by atoms with van der Waals surface area (Å²) in [6.07, 6.45) is 0.337. The van der Waals surface area contributed by atoms with Gasteiger partial charge in [0.15, 0.2) is 0 Å². The van der Waals surface area contributed by atoms with Crippen molar-refractivity contribution in [2.45, 2.75) is 105 Å². The molecule has 0 saturated heterocycles. The fraction of sp³-hybridized carbons (Fsp3) is 0.867. The Hall–Kier alpha value is -1.64. The van der Waals surface area contributed by atoms with E-state index in [0.29, 0.717) is 12.8 Å². The molecule has 0 heterocycles. The van der Waals surface area contributed by atoms with Gasteiger partial charge in [-0.05, 0) is 106 Å². The summed E-state index contributed by atoms with van der Waals surface area (Å²) in [5.74, 6) is -4.18. The zero-order valence-electron chi connectivity index (χ0n) is 23.6. The van der Waals surface area contributed by atoms with E-state index >= 15 is 0 Å². The van der Waals surface area contributed by atoms with Crippen molar-refractivity contribution in [1.82, 2.24) is 0 Å². The Balaban J connectivity index is 1.83. The number of carboxylic acid groups (broad SMARTS) is 1. The van der Waals surface area contributed by atoms with Gasteiger partial charge in [-0.1, -0.05) is 20.8 Å². The topological polar surface area (TPSA) is 149 Å². The molecular formula is C30H46O8. The maximum Gasteiger partial charge on any atom is 0.303 e. The van der Waals surface area contributed by atoms with Crippen molar-refractivity contribution in [3.05, 3.63) is 0 Å². The van der Waals surface area contributed by atoms with Crippen LogP contribution in [0.25, 0.3) is 0 Å². The quantitative estimate of drug-likeness (QED) is 0.364. The number of aliphatic hydroxyl groups is 3. The lowest BCUT2D eigenvalue weighted by molar-refractivity contribution is -0.249. The number of fused-ring (bicyclic) bond motifs is 5. The maximum atomic E-state index is 13.6. The second kappa shape index (κ2) is 9.77. The highest BCUT2D eigenvalue weighted by atomic mass is 16.4. The molecule has 0 radical (unpaired) electrons.